The molecule has 1 unspecified atom stereocenters. The lowest BCUT2D eigenvalue weighted by molar-refractivity contribution is -0.137. The van der Waals surface area contributed by atoms with Crippen molar-refractivity contribution >= 4 is 39.5 Å². The SMILES string of the molecule is CCN(CC)c1ncc(N(CC)S(=O)(=O)CC(C)C)c(NC(Cc2ccc(OC(=O)N3CCCC3)cc2)C(=O)O)n1. The number of rotatable bonds is 14. The largest absolute Gasteiger partial charge is 0.480 e. The third kappa shape index (κ3) is 8.44. The summed E-state index contributed by atoms with van der Waals surface area (Å²) in [5, 5.41) is 13.1. The van der Waals surface area contributed by atoms with Crippen molar-refractivity contribution in [2.45, 2.75) is 59.9 Å². The van der Waals surface area contributed by atoms with Crippen LogP contribution < -0.4 is 19.3 Å². The van der Waals surface area contributed by atoms with Gasteiger partial charge in [0.05, 0.1) is 11.9 Å². The summed E-state index contributed by atoms with van der Waals surface area (Å²) in [5.41, 5.74) is 0.879. The number of likely N-dealkylation sites (tertiary alicyclic amines) is 1. The van der Waals surface area contributed by atoms with Crippen LogP contribution in [0.15, 0.2) is 30.5 Å². The van der Waals surface area contributed by atoms with Crippen molar-refractivity contribution in [1.82, 2.24) is 14.9 Å². The minimum absolute atomic E-state index is 0.0740. The van der Waals surface area contributed by atoms with Crippen molar-refractivity contribution < 1.29 is 27.9 Å². The number of ether oxygens (including phenoxy) is 1. The van der Waals surface area contributed by atoms with E-state index in [9.17, 15) is 23.1 Å². The molecular formula is C28H42N6O6S. The molecule has 1 aliphatic rings. The minimum atomic E-state index is -3.72. The Labute approximate surface area is 242 Å². The molecule has 1 aromatic carbocycles. The molecule has 1 fully saturated rings. The van der Waals surface area contributed by atoms with Crippen LogP contribution in [0.4, 0.5) is 22.2 Å². The molecule has 1 aromatic heterocycles. The number of aromatic nitrogens is 2. The molecule has 41 heavy (non-hydrogen) atoms. The summed E-state index contributed by atoms with van der Waals surface area (Å²) in [6, 6.07) is 5.55. The molecule has 0 spiro atoms. The average Bonchev–Trinajstić information content (AvgIpc) is 3.46. The molecule has 0 radical (unpaired) electrons. The Hall–Kier alpha value is -3.61. The van der Waals surface area contributed by atoms with Crippen LogP contribution in [0.2, 0.25) is 0 Å². The molecule has 13 heteroatoms. The fraction of sp³-hybridized carbons (Fsp3) is 0.571. The second-order valence-corrected chi connectivity index (χ2v) is 12.3. The van der Waals surface area contributed by atoms with Gasteiger partial charge in [-0.2, -0.15) is 4.98 Å². The Balaban J connectivity index is 1.89. The number of aliphatic carboxylic acids is 1. The van der Waals surface area contributed by atoms with Crippen LogP contribution in [0.1, 0.15) is 53.0 Å². The molecule has 2 heterocycles. The van der Waals surface area contributed by atoms with Gasteiger partial charge < -0.3 is 25.0 Å². The molecule has 1 aliphatic heterocycles. The van der Waals surface area contributed by atoms with Gasteiger partial charge in [-0.05, 0) is 57.2 Å². The number of amides is 1. The predicted molar refractivity (Wildman–Crippen MR) is 159 cm³/mol. The first-order valence-corrected chi connectivity index (χ1v) is 15.8. The fourth-order valence-corrected chi connectivity index (χ4v) is 6.55. The Kier molecular flexibility index (Phi) is 11.2. The Bertz CT molecular complexity index is 1280. The van der Waals surface area contributed by atoms with Gasteiger partial charge in [-0.15, -0.1) is 0 Å². The first-order valence-electron chi connectivity index (χ1n) is 14.2. The molecule has 0 aliphatic carbocycles. The summed E-state index contributed by atoms with van der Waals surface area (Å²) in [6.45, 7) is 12.0. The number of nitrogens with one attached hydrogen (secondary N) is 1. The van der Waals surface area contributed by atoms with Crippen LogP contribution in [-0.2, 0) is 21.2 Å². The number of carbonyl (C=O) groups excluding carboxylic acids is 1. The zero-order chi connectivity index (χ0) is 30.2. The number of carboxylic acids is 1. The minimum Gasteiger partial charge on any atom is -0.480 e. The number of hydrogen-bond donors (Lipinski definition) is 2. The molecule has 0 bridgehead atoms. The molecule has 1 atom stereocenters. The Morgan fingerprint density at radius 1 is 1.07 bits per heavy atom. The van der Waals surface area contributed by atoms with Crippen molar-refractivity contribution in [2.24, 2.45) is 5.92 Å². The van der Waals surface area contributed by atoms with Crippen molar-refractivity contribution in [3.63, 3.8) is 0 Å². The maximum absolute atomic E-state index is 13.2. The molecule has 2 aromatic rings. The zero-order valence-electron chi connectivity index (χ0n) is 24.5. The molecule has 1 amide bonds. The van der Waals surface area contributed by atoms with Gasteiger partial charge in [-0.1, -0.05) is 26.0 Å². The molecule has 1 saturated heterocycles. The van der Waals surface area contributed by atoms with Crippen molar-refractivity contribution in [1.29, 1.82) is 0 Å². The van der Waals surface area contributed by atoms with Crippen LogP contribution >= 0.6 is 0 Å². The van der Waals surface area contributed by atoms with Gasteiger partial charge in [0, 0.05) is 39.1 Å². The normalized spacial score (nSPS) is 14.1. The van der Waals surface area contributed by atoms with Crippen LogP contribution in [0.5, 0.6) is 5.75 Å². The lowest BCUT2D eigenvalue weighted by atomic mass is 10.1. The van der Waals surface area contributed by atoms with E-state index in [0.29, 0.717) is 43.4 Å². The number of nitrogens with zero attached hydrogens (tertiary/aromatic N) is 5. The smallest absolute Gasteiger partial charge is 0.415 e. The zero-order valence-corrected chi connectivity index (χ0v) is 25.4. The second-order valence-electron chi connectivity index (χ2n) is 10.4. The highest BCUT2D eigenvalue weighted by Crippen LogP contribution is 2.29. The van der Waals surface area contributed by atoms with E-state index in [1.165, 1.54) is 10.5 Å². The third-order valence-electron chi connectivity index (χ3n) is 6.78. The highest BCUT2D eigenvalue weighted by molar-refractivity contribution is 7.92. The monoisotopic (exact) mass is 590 g/mol. The lowest BCUT2D eigenvalue weighted by Gasteiger charge is -2.28. The number of anilines is 3. The first kappa shape index (κ1) is 31.9. The van der Waals surface area contributed by atoms with Crippen LogP contribution in [-0.4, -0.2) is 85.0 Å². The highest BCUT2D eigenvalue weighted by Gasteiger charge is 2.29. The summed E-state index contributed by atoms with van der Waals surface area (Å²) >= 11 is 0. The summed E-state index contributed by atoms with van der Waals surface area (Å²) in [5.74, 6) is -0.440. The number of hydrogen-bond acceptors (Lipinski definition) is 9. The predicted octanol–water partition coefficient (Wildman–Crippen LogP) is 3.84. The van der Waals surface area contributed by atoms with Crippen molar-refractivity contribution in [2.75, 3.05) is 53.0 Å². The lowest BCUT2D eigenvalue weighted by Crippen LogP contribution is -2.37. The molecule has 0 saturated carbocycles. The topological polar surface area (TPSA) is 145 Å². The summed E-state index contributed by atoms with van der Waals surface area (Å²) in [7, 11) is -3.72. The summed E-state index contributed by atoms with van der Waals surface area (Å²) < 4.78 is 33.1. The summed E-state index contributed by atoms with van der Waals surface area (Å²) in [4.78, 5) is 37.2. The molecule has 12 nitrogen and oxygen atoms in total. The van der Waals surface area contributed by atoms with Crippen molar-refractivity contribution in [3.05, 3.63) is 36.0 Å². The molecule has 226 valence electrons. The Morgan fingerprint density at radius 3 is 2.24 bits per heavy atom. The van der Waals surface area contributed by atoms with E-state index in [4.69, 9.17) is 4.74 Å². The van der Waals surface area contributed by atoms with E-state index in [0.717, 1.165) is 12.8 Å². The quantitative estimate of drug-likeness (QED) is 0.333. The number of benzene rings is 1. The summed E-state index contributed by atoms with van der Waals surface area (Å²) in [6.07, 6.45) is 3.04. The maximum atomic E-state index is 13.2. The Morgan fingerprint density at radius 2 is 1.71 bits per heavy atom. The number of sulfonamides is 1. The van der Waals surface area contributed by atoms with Gasteiger partial charge in [0.25, 0.3) is 0 Å². The van der Waals surface area contributed by atoms with E-state index in [1.807, 2.05) is 32.6 Å². The van der Waals surface area contributed by atoms with Crippen LogP contribution in [0, 0.1) is 5.92 Å². The maximum Gasteiger partial charge on any atom is 0.415 e. The number of carbonyl (C=O) groups is 2. The second kappa shape index (κ2) is 14.3. The van der Waals surface area contributed by atoms with E-state index in [1.54, 1.807) is 36.1 Å². The van der Waals surface area contributed by atoms with Gasteiger partial charge >= 0.3 is 12.1 Å². The number of carboxylic acid groups (broad SMARTS) is 1. The van der Waals surface area contributed by atoms with Gasteiger partial charge in [-0.25, -0.2) is 23.0 Å². The standard InChI is InChI=1S/C28H42N6O6S/c1-6-32(7-2)27-29-18-24(34(8-3)41(38,39)19-20(4)5)25(31-27)30-23(26(35)36)17-21-11-13-22(14-12-21)40-28(37)33-15-9-10-16-33/h11-14,18,20,23H,6-10,15-17,19H2,1-5H3,(H,35,36)(H,29,30,31). The molecule has 3 rings (SSSR count). The van der Waals surface area contributed by atoms with Gasteiger partial charge in [-0.3, -0.25) is 4.31 Å². The molecular weight excluding hydrogens is 548 g/mol. The highest BCUT2D eigenvalue weighted by atomic mass is 32.2. The van der Waals surface area contributed by atoms with Crippen LogP contribution in [0.3, 0.4) is 0 Å². The van der Waals surface area contributed by atoms with E-state index in [2.05, 4.69) is 15.3 Å². The van der Waals surface area contributed by atoms with E-state index < -0.39 is 28.1 Å². The average molecular weight is 591 g/mol. The van der Waals surface area contributed by atoms with Gasteiger partial charge in [0.1, 0.15) is 17.5 Å². The van der Waals surface area contributed by atoms with E-state index >= 15 is 0 Å². The van der Waals surface area contributed by atoms with E-state index in [-0.39, 0.29) is 36.1 Å². The van der Waals surface area contributed by atoms with Gasteiger partial charge in [0.2, 0.25) is 16.0 Å². The fourth-order valence-electron chi connectivity index (χ4n) is 4.70. The first-order chi connectivity index (χ1) is 19.5. The molecule has 2 N–H and O–H groups in total. The van der Waals surface area contributed by atoms with Crippen molar-refractivity contribution in [3.8, 4) is 5.75 Å². The van der Waals surface area contributed by atoms with Crippen LogP contribution in [0.25, 0.3) is 0 Å². The third-order valence-corrected chi connectivity index (χ3v) is 8.99. The van der Waals surface area contributed by atoms with Gasteiger partial charge in [0.15, 0.2) is 5.82 Å².